The fraction of sp³-hybridized carbons (Fsp3) is 0.625. The summed E-state index contributed by atoms with van der Waals surface area (Å²) < 4.78 is 12.5. The van der Waals surface area contributed by atoms with Gasteiger partial charge in [-0.1, -0.05) is 19.3 Å². The fourth-order valence-corrected chi connectivity index (χ4v) is 4.04. The molecule has 10 heteroatoms. The average molecular weight is 473 g/mol. The molecule has 2 N–H and O–H groups in total. The van der Waals surface area contributed by atoms with Gasteiger partial charge in [0.1, 0.15) is 5.60 Å². The van der Waals surface area contributed by atoms with Gasteiger partial charge in [0, 0.05) is 0 Å². The first kappa shape index (κ1) is 25.5. The number of benzene rings is 1. The third-order valence-corrected chi connectivity index (χ3v) is 5.79. The van der Waals surface area contributed by atoms with Crippen molar-refractivity contribution in [2.24, 2.45) is 0 Å². The first-order chi connectivity index (χ1) is 16.1. The van der Waals surface area contributed by atoms with E-state index in [0.29, 0.717) is 17.2 Å². The summed E-state index contributed by atoms with van der Waals surface area (Å²) in [6.45, 7) is 11.3. The molecule has 34 heavy (non-hydrogen) atoms. The predicted octanol–water partition coefficient (Wildman–Crippen LogP) is 4.86. The van der Waals surface area contributed by atoms with Crippen molar-refractivity contribution in [3.05, 3.63) is 29.1 Å². The van der Waals surface area contributed by atoms with E-state index in [1.54, 1.807) is 32.4 Å². The van der Waals surface area contributed by atoms with Gasteiger partial charge >= 0.3 is 12.1 Å². The van der Waals surface area contributed by atoms with Gasteiger partial charge in [-0.3, -0.25) is 5.32 Å². The van der Waals surface area contributed by atoms with Crippen LogP contribution >= 0.6 is 0 Å². The molecule has 1 atom stereocenters. The van der Waals surface area contributed by atoms with Crippen molar-refractivity contribution < 1.29 is 19.1 Å². The minimum absolute atomic E-state index is 0.136. The van der Waals surface area contributed by atoms with Crippen molar-refractivity contribution in [2.75, 3.05) is 17.2 Å². The minimum atomic E-state index is -0.946. The number of aromatic nitrogens is 4. The lowest BCUT2D eigenvalue weighted by Gasteiger charge is -2.26. The highest BCUT2D eigenvalue weighted by atomic mass is 16.6. The molecule has 1 amide bonds. The van der Waals surface area contributed by atoms with Crippen LogP contribution in [0.5, 0.6) is 0 Å². The summed E-state index contributed by atoms with van der Waals surface area (Å²) in [5.74, 6) is -0.0948. The van der Waals surface area contributed by atoms with Crippen molar-refractivity contribution in [3.63, 3.8) is 0 Å². The Morgan fingerprint density at radius 2 is 1.76 bits per heavy atom. The summed E-state index contributed by atoms with van der Waals surface area (Å²) >= 11 is 0. The van der Waals surface area contributed by atoms with Gasteiger partial charge < -0.3 is 14.8 Å². The first-order valence-electron chi connectivity index (χ1n) is 11.9. The Balaban J connectivity index is 1.96. The van der Waals surface area contributed by atoms with Crippen LogP contribution in [0.25, 0.3) is 0 Å². The molecule has 3 rings (SSSR count). The lowest BCUT2D eigenvalue weighted by Crippen LogP contribution is -2.30. The molecule has 0 bridgehead atoms. The van der Waals surface area contributed by atoms with Crippen LogP contribution < -0.4 is 10.6 Å². The number of tetrazole rings is 1. The molecule has 1 heterocycles. The number of nitrogens with one attached hydrogen (secondary N) is 2. The van der Waals surface area contributed by atoms with Crippen LogP contribution in [0, 0.1) is 13.8 Å². The van der Waals surface area contributed by atoms with Crippen LogP contribution in [0.2, 0.25) is 0 Å². The van der Waals surface area contributed by atoms with Crippen LogP contribution in [0.4, 0.5) is 16.2 Å². The molecule has 10 nitrogen and oxygen atoms in total. The molecule has 2 aromatic rings. The normalized spacial score (nSPS) is 15.5. The van der Waals surface area contributed by atoms with Crippen LogP contribution in [0.1, 0.15) is 88.8 Å². The van der Waals surface area contributed by atoms with Gasteiger partial charge in [0.05, 0.1) is 24.0 Å². The molecular formula is C24H36N6O4. The van der Waals surface area contributed by atoms with Crippen molar-refractivity contribution in [1.82, 2.24) is 20.2 Å². The van der Waals surface area contributed by atoms with Crippen molar-refractivity contribution in [2.45, 2.75) is 91.3 Å². The van der Waals surface area contributed by atoms with Crippen LogP contribution in [0.15, 0.2) is 12.1 Å². The van der Waals surface area contributed by atoms with E-state index in [-0.39, 0.29) is 12.6 Å². The lowest BCUT2D eigenvalue weighted by atomic mass is 9.95. The van der Waals surface area contributed by atoms with Crippen molar-refractivity contribution in [1.29, 1.82) is 0 Å². The van der Waals surface area contributed by atoms with E-state index in [4.69, 9.17) is 9.47 Å². The predicted molar refractivity (Wildman–Crippen MR) is 129 cm³/mol. The number of ether oxygens (including phenoxy) is 2. The number of carbonyl (C=O) groups excluding carboxylic acids is 2. The average Bonchev–Trinajstić information content (AvgIpc) is 3.24. The van der Waals surface area contributed by atoms with Gasteiger partial charge in [-0.15, -0.1) is 5.10 Å². The molecule has 1 saturated carbocycles. The number of rotatable bonds is 7. The van der Waals surface area contributed by atoms with E-state index in [1.807, 2.05) is 26.0 Å². The summed E-state index contributed by atoms with van der Waals surface area (Å²) in [5.41, 5.74) is 2.36. The second-order valence-corrected chi connectivity index (χ2v) is 9.71. The van der Waals surface area contributed by atoms with Gasteiger partial charge in [0.25, 0.3) is 0 Å². The molecule has 0 radical (unpaired) electrons. The van der Waals surface area contributed by atoms with Crippen LogP contribution in [-0.2, 0) is 14.3 Å². The monoisotopic (exact) mass is 472 g/mol. The lowest BCUT2D eigenvalue weighted by molar-refractivity contribution is -0.144. The highest BCUT2D eigenvalue weighted by molar-refractivity contribution is 5.91. The SMILES string of the molecule is CCOC(=O)C(Nc1cc(C)c(C)cc1NC(=O)OC(C)(C)C)c1nnnn1C1CCCCC1. The molecule has 1 aromatic heterocycles. The number of amides is 1. The van der Waals surface area contributed by atoms with E-state index < -0.39 is 23.7 Å². The second kappa shape index (κ2) is 10.8. The summed E-state index contributed by atoms with van der Waals surface area (Å²) in [6, 6.07) is 2.91. The third-order valence-electron chi connectivity index (χ3n) is 5.79. The maximum atomic E-state index is 13.0. The smallest absolute Gasteiger partial charge is 0.412 e. The van der Waals surface area contributed by atoms with Crippen molar-refractivity contribution >= 4 is 23.4 Å². The first-order valence-corrected chi connectivity index (χ1v) is 11.9. The Bertz CT molecular complexity index is 1010. The van der Waals surface area contributed by atoms with Crippen LogP contribution in [0.3, 0.4) is 0 Å². The highest BCUT2D eigenvalue weighted by Crippen LogP contribution is 2.33. The summed E-state index contributed by atoms with van der Waals surface area (Å²) in [5, 5.41) is 18.3. The van der Waals surface area contributed by atoms with E-state index in [2.05, 4.69) is 26.2 Å². The van der Waals surface area contributed by atoms with Gasteiger partial charge in [-0.05, 0) is 88.1 Å². The number of esters is 1. The number of hydrogen-bond acceptors (Lipinski definition) is 8. The van der Waals surface area contributed by atoms with Gasteiger partial charge in [0.15, 0.2) is 11.9 Å². The van der Waals surface area contributed by atoms with Crippen LogP contribution in [-0.4, -0.2) is 44.5 Å². The maximum Gasteiger partial charge on any atom is 0.412 e. The molecular weight excluding hydrogens is 436 g/mol. The number of anilines is 2. The Morgan fingerprint density at radius 3 is 2.38 bits per heavy atom. The Morgan fingerprint density at radius 1 is 1.12 bits per heavy atom. The van der Waals surface area contributed by atoms with Gasteiger partial charge in [-0.25, -0.2) is 14.3 Å². The Hall–Kier alpha value is -3.17. The maximum absolute atomic E-state index is 13.0. The zero-order chi connectivity index (χ0) is 24.9. The van der Waals surface area contributed by atoms with E-state index in [9.17, 15) is 9.59 Å². The molecule has 0 saturated heterocycles. The summed E-state index contributed by atoms with van der Waals surface area (Å²) in [6.07, 6.45) is 4.73. The van der Waals surface area contributed by atoms with E-state index in [1.165, 1.54) is 6.42 Å². The zero-order valence-corrected chi connectivity index (χ0v) is 21.0. The number of carbonyl (C=O) groups is 2. The molecule has 0 spiro atoms. The second-order valence-electron chi connectivity index (χ2n) is 9.71. The van der Waals surface area contributed by atoms with Crippen molar-refractivity contribution in [3.8, 4) is 0 Å². The van der Waals surface area contributed by atoms with E-state index in [0.717, 1.165) is 36.8 Å². The number of hydrogen-bond donors (Lipinski definition) is 2. The molecule has 1 aliphatic carbocycles. The van der Waals surface area contributed by atoms with Gasteiger partial charge in [0.2, 0.25) is 0 Å². The Labute approximate surface area is 200 Å². The molecule has 1 unspecified atom stereocenters. The fourth-order valence-electron chi connectivity index (χ4n) is 4.04. The molecule has 1 aliphatic rings. The highest BCUT2D eigenvalue weighted by Gasteiger charge is 2.32. The quantitative estimate of drug-likeness (QED) is 0.548. The molecule has 0 aliphatic heterocycles. The van der Waals surface area contributed by atoms with Gasteiger partial charge in [-0.2, -0.15) is 0 Å². The molecule has 1 aromatic carbocycles. The van der Waals surface area contributed by atoms with E-state index >= 15 is 0 Å². The molecule has 186 valence electrons. The number of aryl methyl sites for hydroxylation is 2. The third kappa shape index (κ3) is 6.45. The largest absolute Gasteiger partial charge is 0.464 e. The standard InChI is InChI=1S/C24H36N6O4/c1-7-33-22(31)20(21-27-28-29-30(21)17-11-9-8-10-12-17)25-18-13-15(2)16(3)14-19(18)26-23(32)34-24(4,5)6/h13-14,17,20,25H,7-12H2,1-6H3,(H,26,32). The summed E-state index contributed by atoms with van der Waals surface area (Å²) in [7, 11) is 0. The topological polar surface area (TPSA) is 120 Å². The number of nitrogens with zero attached hydrogens (tertiary/aromatic N) is 4. The zero-order valence-electron chi connectivity index (χ0n) is 21.0. The minimum Gasteiger partial charge on any atom is -0.464 e. The Kier molecular flexibility index (Phi) is 8.11. The summed E-state index contributed by atoms with van der Waals surface area (Å²) in [4.78, 5) is 25.5. The molecule has 1 fully saturated rings.